The summed E-state index contributed by atoms with van der Waals surface area (Å²) in [7, 11) is 0. The van der Waals surface area contributed by atoms with E-state index in [1.807, 2.05) is 171 Å². The van der Waals surface area contributed by atoms with Crippen LogP contribution in [-0.4, -0.2) is 175 Å². The molecule has 0 saturated carbocycles. The van der Waals surface area contributed by atoms with Crippen molar-refractivity contribution < 1.29 is 29.1 Å². The molecular weight excluding hydrogens is 1800 g/mol. The first-order valence-corrected chi connectivity index (χ1v) is 50.7. The zero-order valence-corrected chi connectivity index (χ0v) is 98.0. The van der Waals surface area contributed by atoms with Gasteiger partial charge in [0.2, 0.25) is 34.7 Å². The number of aliphatic hydroxyl groups is 1. The van der Waals surface area contributed by atoms with Gasteiger partial charge in [0.15, 0.2) is 17.5 Å². The molecule has 1 atom stereocenters. The molecular formula is C105H209N29O8. The summed E-state index contributed by atoms with van der Waals surface area (Å²) in [6.45, 7) is 102. The van der Waals surface area contributed by atoms with Crippen LogP contribution < -0.4 is 50.0 Å². The zero-order valence-electron chi connectivity index (χ0n) is 98.0. The van der Waals surface area contributed by atoms with E-state index in [4.69, 9.17) is 28.0 Å². The van der Waals surface area contributed by atoms with Crippen LogP contribution in [0.15, 0.2) is 103 Å². The normalized spacial score (nSPS) is 11.3. The van der Waals surface area contributed by atoms with Gasteiger partial charge in [-0.1, -0.05) is 319 Å². The molecule has 142 heavy (non-hydrogen) atoms. The number of carbonyl (C=O) groups is 5. The highest BCUT2D eigenvalue weighted by Gasteiger charge is 2.14. The van der Waals surface area contributed by atoms with Crippen molar-refractivity contribution in [2.75, 3.05) is 6.54 Å². The average molecular weight is 2010 g/mol. The minimum Gasteiger partial charge on any atom is -0.512 e. The number of imidazole rings is 2. The predicted molar refractivity (Wildman–Crippen MR) is 592 cm³/mol. The minimum atomic E-state index is -0.241. The molecule has 0 aliphatic carbocycles. The molecule has 0 bridgehead atoms. The van der Waals surface area contributed by atoms with Crippen LogP contribution in [-0.2, 0) is 24.0 Å². The van der Waals surface area contributed by atoms with Crippen LogP contribution >= 0.6 is 0 Å². The Balaban J connectivity index is -0.000000163. The summed E-state index contributed by atoms with van der Waals surface area (Å²) in [6.07, 6.45) is 9.82. The number of H-pyrrole nitrogens is 7. The highest BCUT2D eigenvalue weighted by molar-refractivity contribution is 5.88. The standard InChI is InChI=1S/2C9H16N2.2C8H16O.C7H18N2.C7H16N2.2C7H15NO.C5H9N3.2C5H5NO.3C4H8N4.2C4H9NO.2C4H10/c2*1-6(2)8-5-10-9(11-8)7(3)4;2*1-6(2)5-8(9)7(3)4;2*1-5(2)7(8)9-6(3)4;2*1-5(2)7(9)8-6(3)4;1-4(2)5-3-6-8-7-5;2*7-5-3-1-2-4-6-5;3*1-3(2)4-5-7-8-6-4;2*1-3(2)4(5)6;2*1-4(2)3/h2*5-7H,1-4H3,(H,10,11);6-7H,5H2,1-4H3;5-7,9H,1-4H3;5-7,9H,8H2,1-4H3;5-6H,1-4H3,(H2,8,9);2*5-6H,1-4H3,(H,8,9);4H,3H2,1-2H3;2*1-4H,(H,6,7);3*3H,1-2H3,(H,5,6,7,8);2*3H,1-2H3,(H2,5,6);2*4H,1-3H3/b;;;8-5-;;;;;;;;;;;;;;. The number of pyridine rings is 2. The second-order valence-corrected chi connectivity index (χ2v) is 41.7. The van der Waals surface area contributed by atoms with E-state index in [0.29, 0.717) is 101 Å². The first kappa shape index (κ1) is 151. The number of aromatic nitrogens is 18. The second-order valence-electron chi connectivity index (χ2n) is 41.7. The van der Waals surface area contributed by atoms with Crippen molar-refractivity contribution in [1.29, 1.82) is 0 Å². The smallest absolute Gasteiger partial charge is 0.247 e. The molecule has 1 aliphatic heterocycles. The SMILES string of the molecule is CC(C)/C=C(\O)C(C)C.CC(C)C.CC(C)C.CC(C)C(N)=O.CC(C)C(N)=O.CC(C)C1=NN=NC1.CC(C)CC(=O)C(C)C.CC(C)N=C(N)C(C)C.CC(C)NC(=O)C(C)C.CC(C)NC(=O)C(C)C.CC(C)NC(N)C(C)C.CC(C)c1cnc(C(C)C)[nH]1.CC(C)c1cnc(C(C)C)[nH]1.CC(C)c1nn[nH]n1.CC(C)c1nn[nH]n1.CC(C)c1nn[nH]n1.O=c1cccc[nH]1.O=c1cccc[nH]1. The monoisotopic (exact) mass is 2000 g/mol. The Hall–Kier alpha value is -10.7. The molecule has 37 heteroatoms. The number of allylic oxidation sites excluding steroid dienone is 2. The summed E-state index contributed by atoms with van der Waals surface area (Å²) in [5.41, 5.74) is 24.3. The van der Waals surface area contributed by atoms with E-state index in [0.717, 1.165) is 58.9 Å². The number of aliphatic imine (C=N–C) groups is 1. The molecule has 0 saturated heterocycles. The third-order valence-electron chi connectivity index (χ3n) is 16.3. The fraction of sp³-hybridized carbons (Fsp3) is 0.733. The number of hydrogen-bond donors (Lipinski definition) is 15. The number of hydrogen-bond acceptors (Lipinski definition) is 25. The number of nitrogens with two attached hydrogens (primary N) is 4. The molecule has 19 N–H and O–H groups in total. The third-order valence-corrected chi connectivity index (χ3v) is 16.3. The molecule has 0 spiro atoms. The Morgan fingerprint density at radius 2 is 0.746 bits per heavy atom. The van der Waals surface area contributed by atoms with Crippen molar-refractivity contribution >= 4 is 41.0 Å². The van der Waals surface area contributed by atoms with Gasteiger partial charge in [-0.25, -0.2) is 9.97 Å². The minimum absolute atomic E-state index is 0.00926. The summed E-state index contributed by atoms with van der Waals surface area (Å²) in [5, 5.41) is 69.0. The Bertz CT molecular complexity index is 3900. The number of rotatable bonds is 24. The molecule has 8 rings (SSSR count). The third kappa shape index (κ3) is 110. The number of nitrogens with zero attached hydrogens (tertiary/aromatic N) is 15. The summed E-state index contributed by atoms with van der Waals surface area (Å²) >= 11 is 0. The Labute approximate surface area is 858 Å². The van der Waals surface area contributed by atoms with E-state index in [1.54, 1.807) is 64.4 Å². The van der Waals surface area contributed by atoms with Crippen molar-refractivity contribution in [3.8, 4) is 0 Å². The molecule has 0 fully saturated rings. The zero-order chi connectivity index (χ0) is 113. The maximum Gasteiger partial charge on any atom is 0.247 e. The van der Waals surface area contributed by atoms with E-state index in [-0.39, 0.29) is 88.5 Å². The lowest BCUT2D eigenvalue weighted by Crippen LogP contribution is -2.45. The molecule has 0 aromatic carbocycles. The number of ketones is 1. The van der Waals surface area contributed by atoms with Crippen molar-refractivity contribution in [2.45, 2.75) is 424 Å². The number of tetrazole rings is 3. The van der Waals surface area contributed by atoms with Crippen LogP contribution in [0.1, 0.15) is 435 Å². The fourth-order valence-corrected chi connectivity index (χ4v) is 7.49. The molecule has 37 nitrogen and oxygen atoms in total. The van der Waals surface area contributed by atoms with Crippen molar-refractivity contribution in [3.63, 3.8) is 0 Å². The van der Waals surface area contributed by atoms with Gasteiger partial charge in [0.1, 0.15) is 24.0 Å². The number of Topliss-reactive ketones (excluding diaryl/α,β-unsaturated/α-hetero) is 1. The molecule has 7 aromatic rings. The predicted octanol–water partition coefficient (Wildman–Crippen LogP) is 21.7. The maximum atomic E-state index is 11.0. The quantitative estimate of drug-likeness (QED) is 0.0116. The largest absolute Gasteiger partial charge is 0.512 e. The molecule has 0 radical (unpaired) electrons. The number of nitrogens with one attached hydrogen (secondary N) is 10. The average Bonchev–Trinajstić information content (AvgIpc) is 1.75. The van der Waals surface area contributed by atoms with Crippen molar-refractivity contribution in [3.05, 3.63) is 134 Å². The second kappa shape index (κ2) is 92.7. The first-order chi connectivity index (χ1) is 65.2. The van der Waals surface area contributed by atoms with Crippen LogP contribution in [0.5, 0.6) is 0 Å². The molecule has 7 aromatic heterocycles. The molecule has 1 unspecified atom stereocenters. The highest BCUT2D eigenvalue weighted by atomic mass is 16.3. The van der Waals surface area contributed by atoms with Gasteiger partial charge in [0.05, 0.1) is 23.5 Å². The Kier molecular flexibility index (Phi) is 98.9. The van der Waals surface area contributed by atoms with Crippen molar-refractivity contribution in [1.82, 2.24) is 108 Å². The Morgan fingerprint density at radius 3 is 0.845 bits per heavy atom. The summed E-state index contributed by atoms with van der Waals surface area (Å²) in [4.78, 5) is 97.2. The number of amides is 4. The number of carbonyl (C=O) groups excluding carboxylic acids is 5. The van der Waals surface area contributed by atoms with Crippen LogP contribution in [0.2, 0.25) is 0 Å². The van der Waals surface area contributed by atoms with Crippen LogP contribution in [0.3, 0.4) is 0 Å². The van der Waals surface area contributed by atoms with E-state index >= 15 is 0 Å². The number of aromatic amines is 7. The number of primary amides is 2. The lowest BCUT2D eigenvalue weighted by Gasteiger charge is -2.19. The number of amidine groups is 1. The van der Waals surface area contributed by atoms with Crippen LogP contribution in [0, 0.1) is 76.9 Å². The van der Waals surface area contributed by atoms with Gasteiger partial charge in [0.25, 0.3) is 0 Å². The van der Waals surface area contributed by atoms with Crippen LogP contribution in [0.4, 0.5) is 0 Å². The molecule has 822 valence electrons. The first-order valence-electron chi connectivity index (χ1n) is 50.7. The molecule has 1 aliphatic rings. The van der Waals surface area contributed by atoms with E-state index in [9.17, 15) is 33.6 Å². The van der Waals surface area contributed by atoms with Gasteiger partial charge in [-0.3, -0.25) is 43.9 Å². The van der Waals surface area contributed by atoms with Gasteiger partial charge in [-0.05, 0) is 126 Å². The highest BCUT2D eigenvalue weighted by Crippen LogP contribution is 2.18. The van der Waals surface area contributed by atoms with Gasteiger partial charge in [-0.15, -0.1) is 35.7 Å². The maximum absolute atomic E-state index is 11.0. The Morgan fingerprint density at radius 1 is 0.423 bits per heavy atom. The van der Waals surface area contributed by atoms with Crippen molar-refractivity contribution in [2.24, 2.45) is 120 Å². The molecule has 8 heterocycles. The molecule has 4 amide bonds. The lowest BCUT2D eigenvalue weighted by molar-refractivity contribution is -0.125. The van der Waals surface area contributed by atoms with Crippen LogP contribution in [0.25, 0.3) is 0 Å². The lowest BCUT2D eigenvalue weighted by atomic mass is 9.99. The fourth-order valence-electron chi connectivity index (χ4n) is 7.49. The van der Waals surface area contributed by atoms with Gasteiger partial charge >= 0.3 is 0 Å². The van der Waals surface area contributed by atoms with E-state index in [2.05, 4.69) is 294 Å². The summed E-state index contributed by atoms with van der Waals surface area (Å²) < 4.78 is 0. The van der Waals surface area contributed by atoms with Gasteiger partial charge in [-0.2, -0.15) is 20.8 Å². The number of aliphatic hydroxyl groups excluding tert-OH is 1. The summed E-state index contributed by atoms with van der Waals surface area (Å²) in [5.74, 6) is 13.8. The topological polar surface area (TPSA) is 582 Å². The summed E-state index contributed by atoms with van der Waals surface area (Å²) in [6, 6.07) is 11.2. The van der Waals surface area contributed by atoms with E-state index in [1.165, 1.54) is 23.5 Å². The van der Waals surface area contributed by atoms with E-state index < -0.39 is 0 Å². The van der Waals surface area contributed by atoms with Gasteiger partial charge < -0.3 is 58.6 Å². The van der Waals surface area contributed by atoms with Gasteiger partial charge in [0, 0.05) is 150 Å².